The summed E-state index contributed by atoms with van der Waals surface area (Å²) in [6.45, 7) is 0.190. The highest BCUT2D eigenvalue weighted by Gasteiger charge is 2.37. The minimum absolute atomic E-state index is 0.190. The fourth-order valence-electron chi connectivity index (χ4n) is 5.26. The Kier molecular flexibility index (Phi) is 5.14. The molecule has 3 aromatic rings. The van der Waals surface area contributed by atoms with Crippen molar-refractivity contribution in [1.82, 2.24) is 0 Å². The van der Waals surface area contributed by atoms with Gasteiger partial charge in [-0.1, -0.05) is 97.1 Å². The average molecular weight is 393 g/mol. The van der Waals surface area contributed by atoms with Gasteiger partial charge in [-0.05, 0) is 59.1 Å². The van der Waals surface area contributed by atoms with E-state index in [1.807, 2.05) is 0 Å². The van der Waals surface area contributed by atoms with Gasteiger partial charge in [0.25, 0.3) is 0 Å². The van der Waals surface area contributed by atoms with Crippen molar-refractivity contribution in [3.8, 4) is 11.1 Å². The lowest BCUT2D eigenvalue weighted by atomic mass is 9.68. The molecule has 1 atom stereocenters. The molecule has 1 heteroatoms. The van der Waals surface area contributed by atoms with Crippen LogP contribution in [-0.2, 0) is 19.3 Å². The van der Waals surface area contributed by atoms with E-state index in [-0.39, 0.29) is 17.9 Å². The van der Waals surface area contributed by atoms with Gasteiger partial charge in [0.15, 0.2) is 0 Å². The fourth-order valence-corrected chi connectivity index (χ4v) is 5.26. The summed E-state index contributed by atoms with van der Waals surface area (Å²) in [6, 6.07) is 26.1. The first-order valence-electron chi connectivity index (χ1n) is 11.0. The van der Waals surface area contributed by atoms with Crippen LogP contribution in [-0.4, -0.2) is 11.7 Å². The van der Waals surface area contributed by atoms with Crippen molar-refractivity contribution >= 4 is 0 Å². The molecule has 1 nitrogen and oxygen atoms in total. The zero-order valence-corrected chi connectivity index (χ0v) is 17.3. The molecule has 0 heterocycles. The van der Waals surface area contributed by atoms with Gasteiger partial charge in [0.05, 0.1) is 0 Å². The molecule has 3 aromatic carbocycles. The molecule has 0 amide bonds. The van der Waals surface area contributed by atoms with Gasteiger partial charge >= 0.3 is 0 Å². The van der Waals surface area contributed by atoms with E-state index in [0.717, 1.165) is 25.7 Å². The summed E-state index contributed by atoms with van der Waals surface area (Å²) in [5.41, 5.74) is 8.14. The van der Waals surface area contributed by atoms with E-state index in [4.69, 9.17) is 0 Å². The predicted molar refractivity (Wildman–Crippen MR) is 124 cm³/mol. The van der Waals surface area contributed by atoms with Crippen LogP contribution in [0.4, 0.5) is 0 Å². The molecule has 150 valence electrons. The van der Waals surface area contributed by atoms with Crippen molar-refractivity contribution in [3.63, 3.8) is 0 Å². The van der Waals surface area contributed by atoms with E-state index in [1.54, 1.807) is 0 Å². The maximum Gasteiger partial charge on any atom is 0.0499 e. The summed E-state index contributed by atoms with van der Waals surface area (Å²) in [6.07, 6.45) is 12.6. The minimum atomic E-state index is -0.191. The molecule has 2 aliphatic rings. The van der Waals surface area contributed by atoms with Crippen molar-refractivity contribution in [3.05, 3.63) is 119 Å². The molecule has 0 saturated heterocycles. The van der Waals surface area contributed by atoms with E-state index < -0.39 is 0 Å². The highest BCUT2D eigenvalue weighted by molar-refractivity contribution is 5.77. The lowest BCUT2D eigenvalue weighted by Gasteiger charge is -2.37. The van der Waals surface area contributed by atoms with E-state index >= 15 is 0 Å². The monoisotopic (exact) mass is 392 g/mol. The van der Waals surface area contributed by atoms with Crippen LogP contribution < -0.4 is 0 Å². The maximum absolute atomic E-state index is 10.7. The number of hydrogen-bond donors (Lipinski definition) is 1. The zero-order chi connectivity index (χ0) is 20.4. The van der Waals surface area contributed by atoms with Crippen LogP contribution in [0.15, 0.2) is 97.1 Å². The molecular formula is C29H28O. The Balaban J connectivity index is 1.49. The Hall–Kier alpha value is -2.90. The highest BCUT2D eigenvalue weighted by Crippen LogP contribution is 2.44. The van der Waals surface area contributed by atoms with Gasteiger partial charge < -0.3 is 5.11 Å². The summed E-state index contributed by atoms with van der Waals surface area (Å²) in [5, 5.41) is 10.7. The van der Waals surface area contributed by atoms with Crippen molar-refractivity contribution < 1.29 is 5.11 Å². The average Bonchev–Trinajstić information content (AvgIpc) is 3.46. The number of aliphatic hydroxyl groups excluding tert-OH is 1. The standard InChI is InChI=1S/C29H28O/c30-21-29(25-13-5-6-14-25,18-17-22-9-2-1-3-10-22)20-24-12-8-16-27-26-15-7-4-11-23(26)19-28(24)27/h1-16,25,30H,17-21H2. The summed E-state index contributed by atoms with van der Waals surface area (Å²) in [5.74, 6) is 0.269. The van der Waals surface area contributed by atoms with Gasteiger partial charge in [-0.15, -0.1) is 0 Å². The molecule has 2 aliphatic carbocycles. The fraction of sp³-hybridized carbons (Fsp3) is 0.241. The van der Waals surface area contributed by atoms with Crippen molar-refractivity contribution in [1.29, 1.82) is 0 Å². The molecule has 1 unspecified atom stereocenters. The number of aryl methyl sites for hydroxylation is 1. The first-order valence-corrected chi connectivity index (χ1v) is 11.0. The van der Waals surface area contributed by atoms with E-state index in [9.17, 15) is 5.11 Å². The topological polar surface area (TPSA) is 20.2 Å². The van der Waals surface area contributed by atoms with E-state index in [2.05, 4.69) is 97.1 Å². The zero-order valence-electron chi connectivity index (χ0n) is 17.3. The largest absolute Gasteiger partial charge is 0.396 e. The van der Waals surface area contributed by atoms with Gasteiger partial charge in [-0.2, -0.15) is 0 Å². The lowest BCUT2D eigenvalue weighted by molar-refractivity contribution is 0.0895. The summed E-state index contributed by atoms with van der Waals surface area (Å²) < 4.78 is 0. The number of benzene rings is 3. The Labute approximate surface area is 179 Å². The minimum Gasteiger partial charge on any atom is -0.396 e. The molecule has 0 radical (unpaired) electrons. The van der Waals surface area contributed by atoms with Crippen molar-refractivity contribution in [2.24, 2.45) is 11.3 Å². The predicted octanol–water partition coefficient (Wildman–Crippen LogP) is 6.15. The molecular weight excluding hydrogens is 364 g/mol. The van der Waals surface area contributed by atoms with Crippen LogP contribution in [0.5, 0.6) is 0 Å². The molecule has 0 saturated carbocycles. The van der Waals surface area contributed by atoms with E-state index in [1.165, 1.54) is 33.4 Å². The van der Waals surface area contributed by atoms with Crippen LogP contribution in [0.1, 0.15) is 28.7 Å². The summed E-state index contributed by atoms with van der Waals surface area (Å²) in [4.78, 5) is 0. The Morgan fingerprint density at radius 1 is 0.800 bits per heavy atom. The third kappa shape index (κ3) is 3.44. The molecule has 0 aromatic heterocycles. The summed E-state index contributed by atoms with van der Waals surface area (Å²) in [7, 11) is 0. The van der Waals surface area contributed by atoms with Crippen molar-refractivity contribution in [2.75, 3.05) is 6.61 Å². The Morgan fingerprint density at radius 2 is 1.53 bits per heavy atom. The molecule has 0 fully saturated rings. The molecule has 0 bridgehead atoms. The summed E-state index contributed by atoms with van der Waals surface area (Å²) >= 11 is 0. The normalized spacial score (nSPS) is 16.4. The third-order valence-corrected chi connectivity index (χ3v) is 7.01. The smallest absolute Gasteiger partial charge is 0.0499 e. The molecule has 0 aliphatic heterocycles. The maximum atomic E-state index is 10.7. The Morgan fingerprint density at radius 3 is 2.33 bits per heavy atom. The first kappa shape index (κ1) is 19.1. The molecule has 5 rings (SSSR count). The first-order chi connectivity index (χ1) is 14.8. The molecule has 30 heavy (non-hydrogen) atoms. The molecule has 1 N–H and O–H groups in total. The second kappa shape index (κ2) is 8.08. The van der Waals surface area contributed by atoms with Gasteiger partial charge in [-0.25, -0.2) is 0 Å². The Bertz CT molecular complexity index is 1080. The number of allylic oxidation sites excluding steroid dienone is 4. The third-order valence-electron chi connectivity index (χ3n) is 7.01. The van der Waals surface area contributed by atoms with Crippen LogP contribution in [0, 0.1) is 11.3 Å². The van der Waals surface area contributed by atoms with Gasteiger partial charge in [0.1, 0.15) is 0 Å². The van der Waals surface area contributed by atoms with Gasteiger partial charge in [0.2, 0.25) is 0 Å². The number of rotatable bonds is 7. The van der Waals surface area contributed by atoms with E-state index in [0.29, 0.717) is 0 Å². The SMILES string of the molecule is OCC(CCc1ccccc1)(Cc1cccc2c1Cc1ccccc1-2)C1C=CC=C1. The van der Waals surface area contributed by atoms with Crippen LogP contribution >= 0.6 is 0 Å². The highest BCUT2D eigenvalue weighted by atomic mass is 16.3. The van der Waals surface area contributed by atoms with Crippen LogP contribution in [0.3, 0.4) is 0 Å². The molecule has 0 spiro atoms. The van der Waals surface area contributed by atoms with Crippen molar-refractivity contribution in [2.45, 2.75) is 25.7 Å². The van der Waals surface area contributed by atoms with Gasteiger partial charge in [0, 0.05) is 17.9 Å². The number of aliphatic hydroxyl groups is 1. The second-order valence-electron chi connectivity index (χ2n) is 8.76. The van der Waals surface area contributed by atoms with Gasteiger partial charge in [-0.3, -0.25) is 0 Å². The second-order valence-corrected chi connectivity index (χ2v) is 8.76. The lowest BCUT2D eigenvalue weighted by Crippen LogP contribution is -2.35. The quantitative estimate of drug-likeness (QED) is 0.400. The van der Waals surface area contributed by atoms with Crippen LogP contribution in [0.2, 0.25) is 0 Å². The van der Waals surface area contributed by atoms with Crippen LogP contribution in [0.25, 0.3) is 11.1 Å². The number of hydrogen-bond acceptors (Lipinski definition) is 1. The number of fused-ring (bicyclic) bond motifs is 3.